The first-order chi connectivity index (χ1) is 12.2. The number of carbonyl (C=O) groups excluding carboxylic acids is 1. The summed E-state index contributed by atoms with van der Waals surface area (Å²) in [6, 6.07) is 15.3. The summed E-state index contributed by atoms with van der Waals surface area (Å²) in [7, 11) is 0. The Morgan fingerprint density at radius 3 is 2.08 bits per heavy atom. The summed E-state index contributed by atoms with van der Waals surface area (Å²) in [5, 5.41) is 20.8. The maximum Gasteiger partial charge on any atom is 0.335 e. The van der Waals surface area contributed by atoms with Gasteiger partial charge < -0.3 is 10.4 Å². The van der Waals surface area contributed by atoms with Gasteiger partial charge in [0.05, 0.1) is 5.56 Å². The normalized spacial score (nSPS) is 11.5. The van der Waals surface area contributed by atoms with Gasteiger partial charge in [-0.2, -0.15) is 5.26 Å². The van der Waals surface area contributed by atoms with E-state index in [0.29, 0.717) is 5.69 Å². The number of nitrogens with zero attached hydrogens (tertiary/aromatic N) is 1. The van der Waals surface area contributed by atoms with Crippen molar-refractivity contribution in [2.24, 2.45) is 0 Å². The Hall–Kier alpha value is -3.39. The zero-order valence-corrected chi connectivity index (χ0v) is 14.9. The second kappa shape index (κ2) is 7.66. The van der Waals surface area contributed by atoms with Crippen molar-refractivity contribution in [1.82, 2.24) is 0 Å². The van der Waals surface area contributed by atoms with Crippen LogP contribution in [0.3, 0.4) is 0 Å². The zero-order valence-electron chi connectivity index (χ0n) is 14.9. The highest BCUT2D eigenvalue weighted by Gasteiger charge is 2.14. The third-order valence-corrected chi connectivity index (χ3v) is 3.84. The minimum atomic E-state index is -1.04. The van der Waals surface area contributed by atoms with Crippen LogP contribution in [0.25, 0.3) is 6.08 Å². The molecule has 0 radical (unpaired) electrons. The van der Waals surface area contributed by atoms with Crippen molar-refractivity contribution in [2.45, 2.75) is 26.2 Å². The van der Waals surface area contributed by atoms with Crippen LogP contribution < -0.4 is 5.32 Å². The van der Waals surface area contributed by atoms with E-state index in [4.69, 9.17) is 5.11 Å². The van der Waals surface area contributed by atoms with Gasteiger partial charge in [0.25, 0.3) is 5.91 Å². The molecule has 132 valence electrons. The van der Waals surface area contributed by atoms with Crippen LogP contribution in [0.15, 0.2) is 54.1 Å². The van der Waals surface area contributed by atoms with E-state index < -0.39 is 11.9 Å². The fourth-order valence-corrected chi connectivity index (χ4v) is 2.29. The van der Waals surface area contributed by atoms with Crippen LogP contribution in [0.1, 0.15) is 42.3 Å². The lowest BCUT2D eigenvalue weighted by Gasteiger charge is -2.18. The molecule has 1 amide bonds. The number of carboxylic acids is 1. The molecule has 2 N–H and O–H groups in total. The number of amides is 1. The molecule has 2 rings (SSSR count). The highest BCUT2D eigenvalue weighted by molar-refractivity contribution is 6.09. The summed E-state index contributed by atoms with van der Waals surface area (Å²) in [5.74, 6) is -1.59. The average molecular weight is 348 g/mol. The molecule has 0 bridgehead atoms. The summed E-state index contributed by atoms with van der Waals surface area (Å²) in [5.41, 5.74) is 2.46. The van der Waals surface area contributed by atoms with Gasteiger partial charge in [0.15, 0.2) is 0 Å². The largest absolute Gasteiger partial charge is 0.478 e. The quantitative estimate of drug-likeness (QED) is 0.639. The van der Waals surface area contributed by atoms with Crippen molar-refractivity contribution < 1.29 is 14.7 Å². The first kappa shape index (κ1) is 18.9. The minimum absolute atomic E-state index is 0.0276. The van der Waals surface area contributed by atoms with Crippen molar-refractivity contribution in [3.05, 3.63) is 70.8 Å². The van der Waals surface area contributed by atoms with Crippen LogP contribution in [-0.4, -0.2) is 17.0 Å². The number of rotatable bonds is 4. The van der Waals surface area contributed by atoms with Crippen LogP contribution in [-0.2, 0) is 10.2 Å². The first-order valence-electron chi connectivity index (χ1n) is 8.08. The second-order valence-corrected chi connectivity index (χ2v) is 6.88. The van der Waals surface area contributed by atoms with E-state index in [0.717, 1.165) is 11.1 Å². The molecule has 0 heterocycles. The van der Waals surface area contributed by atoms with E-state index in [1.54, 1.807) is 0 Å². The number of carbonyl (C=O) groups is 2. The molecule has 0 saturated heterocycles. The van der Waals surface area contributed by atoms with Crippen molar-refractivity contribution in [3.63, 3.8) is 0 Å². The number of hydrogen-bond acceptors (Lipinski definition) is 3. The molecule has 0 saturated carbocycles. The summed E-state index contributed by atoms with van der Waals surface area (Å²) in [6.45, 7) is 6.34. The van der Waals surface area contributed by atoms with Crippen LogP contribution in [0.5, 0.6) is 0 Å². The van der Waals surface area contributed by atoms with Gasteiger partial charge in [-0.3, -0.25) is 4.79 Å². The maximum atomic E-state index is 12.3. The highest BCUT2D eigenvalue weighted by Crippen LogP contribution is 2.23. The topological polar surface area (TPSA) is 90.2 Å². The number of anilines is 1. The van der Waals surface area contributed by atoms with Crippen LogP contribution >= 0.6 is 0 Å². The number of nitriles is 1. The summed E-state index contributed by atoms with van der Waals surface area (Å²) < 4.78 is 0. The number of nitrogens with one attached hydrogen (secondary N) is 1. The molecule has 0 atom stereocenters. The third kappa shape index (κ3) is 4.81. The van der Waals surface area contributed by atoms with Gasteiger partial charge >= 0.3 is 5.97 Å². The van der Waals surface area contributed by atoms with Gasteiger partial charge in [-0.15, -0.1) is 0 Å². The number of benzene rings is 2. The highest BCUT2D eigenvalue weighted by atomic mass is 16.4. The van der Waals surface area contributed by atoms with Gasteiger partial charge in [0.1, 0.15) is 11.6 Å². The smallest absolute Gasteiger partial charge is 0.335 e. The molecule has 2 aromatic carbocycles. The number of carboxylic acid groups (broad SMARTS) is 1. The lowest BCUT2D eigenvalue weighted by Crippen LogP contribution is -2.13. The Morgan fingerprint density at radius 1 is 1.04 bits per heavy atom. The van der Waals surface area contributed by atoms with Crippen molar-refractivity contribution >= 4 is 23.6 Å². The fraction of sp³-hybridized carbons (Fsp3) is 0.190. The van der Waals surface area contributed by atoms with E-state index >= 15 is 0 Å². The summed E-state index contributed by atoms with van der Waals surface area (Å²) in [6.07, 6.45) is 1.52. The van der Waals surface area contributed by atoms with Crippen LogP contribution in [0.4, 0.5) is 5.69 Å². The number of aromatic carboxylic acids is 1. The Bertz CT molecular complexity index is 881. The second-order valence-electron chi connectivity index (χ2n) is 6.88. The van der Waals surface area contributed by atoms with Gasteiger partial charge in [-0.25, -0.2) is 4.79 Å². The standard InChI is InChI=1S/C21H20N2O3/c1-21(2,3)17-8-4-14(5-9-17)12-16(13-22)19(24)23-18-10-6-15(7-11-18)20(25)26/h4-12H,1-3H3,(H,23,24)(H,25,26). The van der Waals surface area contributed by atoms with Crippen molar-refractivity contribution in [3.8, 4) is 6.07 Å². The van der Waals surface area contributed by atoms with E-state index in [9.17, 15) is 14.9 Å². The monoisotopic (exact) mass is 348 g/mol. The number of hydrogen-bond donors (Lipinski definition) is 2. The molecular formula is C21H20N2O3. The molecule has 2 aromatic rings. The van der Waals surface area contributed by atoms with Crippen molar-refractivity contribution in [1.29, 1.82) is 5.26 Å². The van der Waals surface area contributed by atoms with Crippen LogP contribution in [0.2, 0.25) is 0 Å². The zero-order chi connectivity index (χ0) is 19.3. The van der Waals surface area contributed by atoms with Gasteiger partial charge in [-0.1, -0.05) is 45.0 Å². The van der Waals surface area contributed by atoms with E-state index in [-0.39, 0.29) is 16.6 Å². The lowest BCUT2D eigenvalue weighted by atomic mass is 9.86. The minimum Gasteiger partial charge on any atom is -0.478 e. The maximum absolute atomic E-state index is 12.3. The first-order valence-corrected chi connectivity index (χ1v) is 8.08. The van der Waals surface area contributed by atoms with E-state index in [2.05, 4.69) is 26.1 Å². The average Bonchev–Trinajstić information content (AvgIpc) is 2.59. The molecule has 0 unspecified atom stereocenters. The van der Waals surface area contributed by atoms with Crippen LogP contribution in [0, 0.1) is 11.3 Å². The predicted molar refractivity (Wildman–Crippen MR) is 101 cm³/mol. The summed E-state index contributed by atoms with van der Waals surface area (Å²) in [4.78, 5) is 23.1. The Morgan fingerprint density at radius 2 is 1.62 bits per heavy atom. The predicted octanol–water partition coefficient (Wildman–Crippen LogP) is 4.23. The molecule has 0 aliphatic heterocycles. The molecule has 0 fully saturated rings. The van der Waals surface area contributed by atoms with Crippen molar-refractivity contribution in [2.75, 3.05) is 5.32 Å². The third-order valence-electron chi connectivity index (χ3n) is 3.84. The molecule has 0 aromatic heterocycles. The molecular weight excluding hydrogens is 328 g/mol. The molecule has 5 nitrogen and oxygen atoms in total. The lowest BCUT2D eigenvalue weighted by molar-refractivity contribution is -0.112. The Kier molecular flexibility index (Phi) is 5.58. The Balaban J connectivity index is 2.16. The molecule has 0 aliphatic carbocycles. The van der Waals surface area contributed by atoms with Gasteiger partial charge in [0, 0.05) is 5.69 Å². The fourth-order valence-electron chi connectivity index (χ4n) is 2.29. The molecule has 0 spiro atoms. The SMILES string of the molecule is CC(C)(C)c1ccc(C=C(C#N)C(=O)Nc2ccc(C(=O)O)cc2)cc1. The van der Waals surface area contributed by atoms with E-state index in [1.807, 2.05) is 30.3 Å². The summed E-state index contributed by atoms with van der Waals surface area (Å²) >= 11 is 0. The van der Waals surface area contributed by atoms with Gasteiger partial charge in [0.2, 0.25) is 0 Å². The molecule has 0 aliphatic rings. The van der Waals surface area contributed by atoms with E-state index in [1.165, 1.54) is 30.3 Å². The molecule has 26 heavy (non-hydrogen) atoms. The Labute approximate surface area is 152 Å². The van der Waals surface area contributed by atoms with Gasteiger partial charge in [-0.05, 0) is 46.9 Å². The molecule has 5 heteroatoms.